The minimum Gasteiger partial charge on any atom is -0.547 e. The molecule has 0 aromatic carbocycles. The molecule has 0 aromatic rings. The molecular formula is C25H44O3Si. The lowest BCUT2D eigenvalue weighted by Crippen LogP contribution is -2.62. The van der Waals surface area contributed by atoms with Crippen molar-refractivity contribution in [2.75, 3.05) is 13.2 Å². The van der Waals surface area contributed by atoms with Crippen LogP contribution in [0.1, 0.15) is 86.5 Å². The van der Waals surface area contributed by atoms with E-state index in [0.29, 0.717) is 17.3 Å². The van der Waals surface area contributed by atoms with Crippen LogP contribution in [0.2, 0.25) is 18.1 Å². The van der Waals surface area contributed by atoms with Crippen molar-refractivity contribution < 1.29 is 13.9 Å². The second-order valence-corrected chi connectivity index (χ2v) is 17.1. The van der Waals surface area contributed by atoms with Crippen LogP contribution in [0, 0.1) is 22.7 Å². The van der Waals surface area contributed by atoms with E-state index in [4.69, 9.17) is 13.9 Å². The van der Waals surface area contributed by atoms with Gasteiger partial charge in [0.05, 0.1) is 19.0 Å². The van der Waals surface area contributed by atoms with Crippen molar-refractivity contribution in [2.45, 2.75) is 110 Å². The van der Waals surface area contributed by atoms with E-state index in [1.165, 1.54) is 37.9 Å². The Morgan fingerprint density at radius 3 is 2.28 bits per heavy atom. The molecule has 29 heavy (non-hydrogen) atoms. The van der Waals surface area contributed by atoms with Gasteiger partial charge in [-0.05, 0) is 80.0 Å². The van der Waals surface area contributed by atoms with Gasteiger partial charge in [-0.25, -0.2) is 0 Å². The summed E-state index contributed by atoms with van der Waals surface area (Å²) in [6.07, 6.45) is 8.44. The van der Waals surface area contributed by atoms with Crippen LogP contribution < -0.4 is 0 Å². The monoisotopic (exact) mass is 420 g/mol. The van der Waals surface area contributed by atoms with E-state index in [9.17, 15) is 0 Å². The molecule has 0 N–H and O–H groups in total. The molecule has 4 heteroatoms. The van der Waals surface area contributed by atoms with E-state index in [1.54, 1.807) is 5.57 Å². The molecule has 3 fully saturated rings. The first-order chi connectivity index (χ1) is 13.4. The third kappa shape index (κ3) is 3.10. The molecule has 3 aliphatic carbocycles. The summed E-state index contributed by atoms with van der Waals surface area (Å²) in [4.78, 5) is 0. The van der Waals surface area contributed by atoms with Gasteiger partial charge in [-0.1, -0.05) is 34.6 Å². The van der Waals surface area contributed by atoms with Gasteiger partial charge in [0, 0.05) is 18.3 Å². The molecule has 1 heterocycles. The highest BCUT2D eigenvalue weighted by Crippen LogP contribution is 2.68. The predicted molar refractivity (Wildman–Crippen MR) is 121 cm³/mol. The van der Waals surface area contributed by atoms with E-state index in [1.807, 2.05) is 0 Å². The number of hydrogen-bond acceptors (Lipinski definition) is 3. The van der Waals surface area contributed by atoms with Crippen LogP contribution in [0.5, 0.6) is 0 Å². The van der Waals surface area contributed by atoms with Crippen LogP contribution in [0.25, 0.3) is 0 Å². The summed E-state index contributed by atoms with van der Waals surface area (Å²) in [6, 6.07) is 0. The van der Waals surface area contributed by atoms with Crippen molar-refractivity contribution in [3.05, 3.63) is 11.3 Å². The van der Waals surface area contributed by atoms with E-state index in [0.717, 1.165) is 26.1 Å². The van der Waals surface area contributed by atoms with Crippen molar-refractivity contribution in [2.24, 2.45) is 22.7 Å². The quantitative estimate of drug-likeness (QED) is 0.448. The first kappa shape index (κ1) is 21.9. The Hall–Kier alpha value is -0.323. The average Bonchev–Trinajstić information content (AvgIpc) is 3.08. The summed E-state index contributed by atoms with van der Waals surface area (Å²) in [5.74, 6) is 2.33. The van der Waals surface area contributed by atoms with Crippen molar-refractivity contribution in [3.63, 3.8) is 0 Å². The molecule has 0 amide bonds. The first-order valence-corrected chi connectivity index (χ1v) is 14.9. The molecule has 4 aliphatic rings. The molecule has 1 aliphatic heterocycles. The molecule has 1 spiro atoms. The summed E-state index contributed by atoms with van der Waals surface area (Å²) < 4.78 is 19.6. The fourth-order valence-corrected chi connectivity index (χ4v) is 8.39. The fourth-order valence-electron chi connectivity index (χ4n) is 7.20. The third-order valence-corrected chi connectivity index (χ3v) is 14.3. The van der Waals surface area contributed by atoms with Gasteiger partial charge in [0.15, 0.2) is 5.79 Å². The van der Waals surface area contributed by atoms with E-state index in [-0.39, 0.29) is 16.2 Å². The lowest BCUT2D eigenvalue weighted by Gasteiger charge is -2.64. The topological polar surface area (TPSA) is 27.7 Å². The maximum atomic E-state index is 6.87. The summed E-state index contributed by atoms with van der Waals surface area (Å²) in [5.41, 5.74) is 2.03. The second kappa shape index (κ2) is 6.84. The molecule has 0 unspecified atom stereocenters. The smallest absolute Gasteiger partial charge is 0.250 e. The Bertz CT molecular complexity index is 685. The van der Waals surface area contributed by atoms with Crippen LogP contribution in [0.3, 0.4) is 0 Å². The molecular weight excluding hydrogens is 376 g/mol. The highest BCUT2D eigenvalue weighted by atomic mass is 28.4. The summed E-state index contributed by atoms with van der Waals surface area (Å²) >= 11 is 0. The lowest BCUT2D eigenvalue weighted by atomic mass is 9.43. The van der Waals surface area contributed by atoms with Gasteiger partial charge in [-0.2, -0.15) is 0 Å². The van der Waals surface area contributed by atoms with Crippen molar-refractivity contribution in [1.82, 2.24) is 0 Å². The standard InChI is InChI=1S/C25H44O3Si/c1-18-19-11-15-24(6)21(10-9-13-25(24)26-16-17-27-25)23(19,5)14-12-20(18)28-29(7,8)22(2,3)4/h19,21H,9-17H2,1-8H3/t19-,21+,23-,24+/m1/s1. The van der Waals surface area contributed by atoms with E-state index < -0.39 is 8.32 Å². The Balaban J connectivity index is 1.65. The number of ether oxygens (including phenoxy) is 2. The number of allylic oxidation sites excluding steroid dienone is 2. The molecule has 0 radical (unpaired) electrons. The van der Waals surface area contributed by atoms with Gasteiger partial charge < -0.3 is 13.9 Å². The molecule has 4 rings (SSSR count). The average molecular weight is 421 g/mol. The van der Waals surface area contributed by atoms with E-state index >= 15 is 0 Å². The molecule has 0 bridgehead atoms. The van der Waals surface area contributed by atoms with Gasteiger partial charge in [0.25, 0.3) is 0 Å². The Morgan fingerprint density at radius 1 is 1.00 bits per heavy atom. The molecule has 4 atom stereocenters. The molecule has 166 valence electrons. The lowest BCUT2D eigenvalue weighted by molar-refractivity contribution is -0.297. The Kier molecular flexibility index (Phi) is 5.16. The van der Waals surface area contributed by atoms with Crippen molar-refractivity contribution in [3.8, 4) is 0 Å². The SMILES string of the molecule is CC1=C(O[Si](C)(C)C(C)(C)C)CC[C@]2(C)[C@@H]1CC[C@@]1(C)[C@H]2CCCC12OCCO2. The van der Waals surface area contributed by atoms with Gasteiger partial charge >= 0.3 is 0 Å². The minimum atomic E-state index is -1.79. The van der Waals surface area contributed by atoms with Crippen molar-refractivity contribution >= 4 is 8.32 Å². The molecule has 2 saturated carbocycles. The van der Waals surface area contributed by atoms with Crippen LogP contribution in [0.4, 0.5) is 0 Å². The Morgan fingerprint density at radius 2 is 1.66 bits per heavy atom. The highest BCUT2D eigenvalue weighted by molar-refractivity contribution is 6.74. The maximum Gasteiger partial charge on any atom is 0.250 e. The van der Waals surface area contributed by atoms with Gasteiger partial charge in [-0.15, -0.1) is 0 Å². The first-order valence-electron chi connectivity index (χ1n) is 12.0. The second-order valence-electron chi connectivity index (χ2n) is 12.4. The fraction of sp³-hybridized carbons (Fsp3) is 0.920. The maximum absolute atomic E-state index is 6.87. The summed E-state index contributed by atoms with van der Waals surface area (Å²) in [7, 11) is -1.79. The number of fused-ring (bicyclic) bond motifs is 4. The molecule has 3 nitrogen and oxygen atoms in total. The largest absolute Gasteiger partial charge is 0.547 e. The molecule has 0 aromatic heterocycles. The van der Waals surface area contributed by atoms with E-state index in [2.05, 4.69) is 54.6 Å². The van der Waals surface area contributed by atoms with Crippen LogP contribution in [0.15, 0.2) is 11.3 Å². The normalized spacial score (nSPS) is 40.0. The number of rotatable bonds is 2. The predicted octanol–water partition coefficient (Wildman–Crippen LogP) is 7.04. The van der Waals surface area contributed by atoms with Gasteiger partial charge in [0.1, 0.15) is 0 Å². The zero-order valence-corrected chi connectivity index (χ0v) is 21.2. The van der Waals surface area contributed by atoms with Gasteiger partial charge in [0.2, 0.25) is 8.32 Å². The zero-order valence-electron chi connectivity index (χ0n) is 20.2. The Labute approximate surface area is 180 Å². The van der Waals surface area contributed by atoms with Crippen LogP contribution in [-0.4, -0.2) is 27.3 Å². The van der Waals surface area contributed by atoms with Gasteiger partial charge in [-0.3, -0.25) is 0 Å². The summed E-state index contributed by atoms with van der Waals surface area (Å²) in [6.45, 7) is 20.8. The van der Waals surface area contributed by atoms with Crippen LogP contribution in [-0.2, 0) is 13.9 Å². The zero-order chi connectivity index (χ0) is 21.3. The summed E-state index contributed by atoms with van der Waals surface area (Å²) in [5, 5.41) is 0.249. The number of hydrogen-bond donors (Lipinski definition) is 0. The minimum absolute atomic E-state index is 0.144. The molecule has 1 saturated heterocycles. The highest BCUT2D eigenvalue weighted by Gasteiger charge is 2.66. The van der Waals surface area contributed by atoms with Crippen LogP contribution >= 0.6 is 0 Å². The van der Waals surface area contributed by atoms with Crippen molar-refractivity contribution in [1.29, 1.82) is 0 Å². The third-order valence-electron chi connectivity index (χ3n) is 9.97.